The van der Waals surface area contributed by atoms with E-state index in [1.54, 1.807) is 0 Å². The summed E-state index contributed by atoms with van der Waals surface area (Å²) in [5.41, 5.74) is 1.61. The van der Waals surface area contributed by atoms with Crippen LogP contribution < -0.4 is 5.32 Å². The van der Waals surface area contributed by atoms with Crippen molar-refractivity contribution in [2.24, 2.45) is 0 Å². The van der Waals surface area contributed by atoms with Crippen LogP contribution in [0.4, 0.5) is 10.5 Å². The zero-order valence-electron chi connectivity index (χ0n) is 11.9. The predicted molar refractivity (Wildman–Crippen MR) is 80.1 cm³/mol. The Labute approximate surface area is 127 Å². The Kier molecular flexibility index (Phi) is 4.63. The van der Waals surface area contributed by atoms with E-state index in [0.717, 1.165) is 11.1 Å². The lowest BCUT2D eigenvalue weighted by Crippen LogP contribution is -2.14. The minimum atomic E-state index is -1.28. The van der Waals surface area contributed by atoms with Gasteiger partial charge in [-0.05, 0) is 24.6 Å². The number of aromatic hydroxyl groups is 1. The van der Waals surface area contributed by atoms with E-state index in [2.05, 4.69) is 5.32 Å². The number of hydrogen-bond donors (Lipinski definition) is 3. The number of amides is 1. The van der Waals surface area contributed by atoms with E-state index in [9.17, 15) is 14.7 Å². The van der Waals surface area contributed by atoms with Crippen LogP contribution in [0.25, 0.3) is 0 Å². The molecule has 2 aromatic carbocycles. The van der Waals surface area contributed by atoms with E-state index in [4.69, 9.17) is 9.84 Å². The van der Waals surface area contributed by atoms with Crippen LogP contribution in [0.2, 0.25) is 0 Å². The molecule has 0 spiro atoms. The maximum absolute atomic E-state index is 11.7. The third-order valence-corrected chi connectivity index (χ3v) is 2.99. The first-order valence-corrected chi connectivity index (χ1v) is 6.52. The average molecular weight is 301 g/mol. The van der Waals surface area contributed by atoms with Crippen LogP contribution in [0.5, 0.6) is 5.75 Å². The Hall–Kier alpha value is -3.02. The standard InChI is InChI=1S/C16H15NO5/c1-10-5-7-11(8-6-10)9-22-16(21)17-13-4-2-3-12(14(13)18)15(19)20/h2-8,18H,9H2,1H3,(H,17,21)(H,19,20). The number of aromatic carboxylic acids is 1. The lowest BCUT2D eigenvalue weighted by Gasteiger charge is -2.10. The predicted octanol–water partition coefficient (Wildman–Crippen LogP) is 3.15. The molecule has 0 radical (unpaired) electrons. The number of phenols is 1. The molecule has 3 N–H and O–H groups in total. The van der Waals surface area contributed by atoms with Crippen molar-refractivity contribution in [3.8, 4) is 5.75 Å². The monoisotopic (exact) mass is 301 g/mol. The Morgan fingerprint density at radius 3 is 2.45 bits per heavy atom. The van der Waals surface area contributed by atoms with Crippen LogP contribution >= 0.6 is 0 Å². The van der Waals surface area contributed by atoms with E-state index >= 15 is 0 Å². The first kappa shape index (κ1) is 15.4. The molecule has 0 aliphatic heterocycles. The quantitative estimate of drug-likeness (QED) is 0.754. The molecule has 6 nitrogen and oxygen atoms in total. The fourth-order valence-electron chi connectivity index (χ4n) is 1.80. The third-order valence-electron chi connectivity index (χ3n) is 2.99. The maximum atomic E-state index is 11.7. The summed E-state index contributed by atoms with van der Waals surface area (Å²) in [5.74, 6) is -1.79. The van der Waals surface area contributed by atoms with E-state index in [1.165, 1.54) is 18.2 Å². The largest absolute Gasteiger partial charge is 0.505 e. The summed E-state index contributed by atoms with van der Waals surface area (Å²) < 4.78 is 5.02. The Morgan fingerprint density at radius 2 is 1.82 bits per heavy atom. The summed E-state index contributed by atoms with van der Waals surface area (Å²) >= 11 is 0. The molecule has 0 aliphatic rings. The molecule has 22 heavy (non-hydrogen) atoms. The molecule has 114 valence electrons. The Bertz CT molecular complexity index is 694. The number of para-hydroxylation sites is 1. The summed E-state index contributed by atoms with van der Waals surface area (Å²) in [4.78, 5) is 22.6. The van der Waals surface area contributed by atoms with Crippen LogP contribution in [0.1, 0.15) is 21.5 Å². The average Bonchev–Trinajstić information content (AvgIpc) is 2.48. The smallest absolute Gasteiger partial charge is 0.412 e. The fraction of sp³-hybridized carbons (Fsp3) is 0.125. The van der Waals surface area contributed by atoms with Crippen molar-refractivity contribution in [3.63, 3.8) is 0 Å². The van der Waals surface area contributed by atoms with Gasteiger partial charge in [-0.25, -0.2) is 9.59 Å². The van der Waals surface area contributed by atoms with Crippen molar-refractivity contribution < 1.29 is 24.5 Å². The van der Waals surface area contributed by atoms with Crippen LogP contribution in [-0.4, -0.2) is 22.3 Å². The number of carboxylic acid groups (broad SMARTS) is 1. The highest BCUT2D eigenvalue weighted by atomic mass is 16.5. The lowest BCUT2D eigenvalue weighted by molar-refractivity contribution is 0.0693. The number of hydrogen-bond acceptors (Lipinski definition) is 4. The molecule has 6 heteroatoms. The zero-order valence-corrected chi connectivity index (χ0v) is 11.9. The van der Waals surface area contributed by atoms with Crippen molar-refractivity contribution in [1.82, 2.24) is 0 Å². The summed E-state index contributed by atoms with van der Waals surface area (Å²) in [6, 6.07) is 11.5. The highest BCUT2D eigenvalue weighted by molar-refractivity contribution is 5.96. The number of carbonyl (C=O) groups excluding carboxylic acids is 1. The Balaban J connectivity index is 1.99. The molecule has 0 saturated carbocycles. The van der Waals surface area contributed by atoms with Gasteiger partial charge < -0.3 is 14.9 Å². The topological polar surface area (TPSA) is 95.9 Å². The first-order chi connectivity index (χ1) is 10.5. The first-order valence-electron chi connectivity index (χ1n) is 6.52. The number of nitrogens with one attached hydrogen (secondary N) is 1. The number of anilines is 1. The molecule has 0 aliphatic carbocycles. The van der Waals surface area contributed by atoms with E-state index in [0.29, 0.717) is 0 Å². The molecule has 1 amide bonds. The molecule has 2 aromatic rings. The molecule has 0 bridgehead atoms. The molecule has 0 aromatic heterocycles. The van der Waals surface area contributed by atoms with Gasteiger partial charge in [0.15, 0.2) is 5.75 Å². The van der Waals surface area contributed by atoms with Gasteiger partial charge in [0.05, 0.1) is 5.69 Å². The third kappa shape index (κ3) is 3.76. The Morgan fingerprint density at radius 1 is 1.14 bits per heavy atom. The van der Waals surface area contributed by atoms with Gasteiger partial charge in [0.1, 0.15) is 12.2 Å². The fourth-order valence-corrected chi connectivity index (χ4v) is 1.80. The number of carboxylic acids is 1. The molecule has 0 heterocycles. The van der Waals surface area contributed by atoms with E-state index in [-0.39, 0.29) is 17.9 Å². The molecule has 0 saturated heterocycles. The molecule has 0 atom stereocenters. The van der Waals surface area contributed by atoms with Gasteiger partial charge in [0.2, 0.25) is 0 Å². The lowest BCUT2D eigenvalue weighted by atomic mass is 10.1. The van der Waals surface area contributed by atoms with Gasteiger partial charge >= 0.3 is 12.1 Å². The van der Waals surface area contributed by atoms with E-state index in [1.807, 2.05) is 31.2 Å². The zero-order chi connectivity index (χ0) is 16.1. The van der Waals surface area contributed by atoms with Crippen molar-refractivity contribution in [1.29, 1.82) is 0 Å². The molecular formula is C16H15NO5. The van der Waals surface area contributed by atoms with Crippen molar-refractivity contribution in [3.05, 3.63) is 59.2 Å². The summed E-state index contributed by atoms with van der Waals surface area (Å²) in [7, 11) is 0. The van der Waals surface area contributed by atoms with Gasteiger partial charge in [0.25, 0.3) is 0 Å². The summed E-state index contributed by atoms with van der Waals surface area (Å²) in [6.45, 7) is 2.03. The maximum Gasteiger partial charge on any atom is 0.412 e. The van der Waals surface area contributed by atoms with Gasteiger partial charge in [-0.15, -0.1) is 0 Å². The van der Waals surface area contributed by atoms with Gasteiger partial charge in [-0.1, -0.05) is 35.9 Å². The number of carbonyl (C=O) groups is 2. The minimum absolute atomic E-state index is 0.0196. The minimum Gasteiger partial charge on any atom is -0.505 e. The molecule has 2 rings (SSSR count). The number of aryl methyl sites for hydroxylation is 1. The van der Waals surface area contributed by atoms with Crippen LogP contribution in [0, 0.1) is 6.92 Å². The molecule has 0 unspecified atom stereocenters. The highest BCUT2D eigenvalue weighted by Gasteiger charge is 2.15. The number of ether oxygens (including phenoxy) is 1. The second-order valence-corrected chi connectivity index (χ2v) is 4.69. The van der Waals surface area contributed by atoms with Crippen LogP contribution in [0.3, 0.4) is 0 Å². The van der Waals surface area contributed by atoms with Crippen molar-refractivity contribution in [2.45, 2.75) is 13.5 Å². The van der Waals surface area contributed by atoms with Crippen molar-refractivity contribution in [2.75, 3.05) is 5.32 Å². The van der Waals surface area contributed by atoms with Crippen LogP contribution in [0.15, 0.2) is 42.5 Å². The highest BCUT2D eigenvalue weighted by Crippen LogP contribution is 2.27. The number of benzene rings is 2. The van der Waals surface area contributed by atoms with Crippen molar-refractivity contribution >= 4 is 17.7 Å². The SMILES string of the molecule is Cc1ccc(COC(=O)Nc2cccc(C(=O)O)c2O)cc1. The van der Waals surface area contributed by atoms with Gasteiger partial charge in [-0.3, -0.25) is 5.32 Å². The van der Waals surface area contributed by atoms with Gasteiger partial charge in [-0.2, -0.15) is 0 Å². The van der Waals surface area contributed by atoms with Crippen LogP contribution in [-0.2, 0) is 11.3 Å². The van der Waals surface area contributed by atoms with E-state index < -0.39 is 17.8 Å². The van der Waals surface area contributed by atoms with Gasteiger partial charge in [0, 0.05) is 0 Å². The number of rotatable bonds is 4. The normalized spacial score (nSPS) is 10.0. The molecular weight excluding hydrogens is 286 g/mol. The second kappa shape index (κ2) is 6.62. The summed E-state index contributed by atoms with van der Waals surface area (Å²) in [5, 5.41) is 21.0. The second-order valence-electron chi connectivity index (χ2n) is 4.69. The summed E-state index contributed by atoms with van der Waals surface area (Å²) in [6.07, 6.45) is -0.779. The molecule has 0 fully saturated rings.